The van der Waals surface area contributed by atoms with Crippen molar-refractivity contribution in [2.24, 2.45) is 0 Å². The van der Waals surface area contributed by atoms with Crippen molar-refractivity contribution in [2.45, 2.75) is 32.3 Å². The Balaban J connectivity index is 2.43. The van der Waals surface area contributed by atoms with Gasteiger partial charge in [-0.1, -0.05) is 13.8 Å². The maximum Gasteiger partial charge on any atom is 0.268 e. The van der Waals surface area contributed by atoms with Gasteiger partial charge in [-0.15, -0.1) is 0 Å². The first kappa shape index (κ1) is 11.7. The number of halogens is 1. The van der Waals surface area contributed by atoms with Gasteiger partial charge in [-0.05, 0) is 53.6 Å². The minimum Gasteiger partial charge on any atom is -0.475 e. The van der Waals surface area contributed by atoms with E-state index in [0.717, 1.165) is 15.0 Å². The minimum atomic E-state index is -0.697. The number of carbonyl (C=O) groups excluding carboxylic acids is 1. The average Bonchev–Trinajstić information content (AvgIpc) is 2.29. The van der Waals surface area contributed by atoms with Crippen LogP contribution in [0.5, 0.6) is 5.75 Å². The lowest BCUT2D eigenvalue weighted by Gasteiger charge is -2.36. The van der Waals surface area contributed by atoms with Gasteiger partial charge in [0.2, 0.25) is 0 Å². The molecule has 1 aromatic carbocycles. The van der Waals surface area contributed by atoms with Gasteiger partial charge in [-0.2, -0.15) is 0 Å². The quantitative estimate of drug-likeness (QED) is 0.846. The van der Waals surface area contributed by atoms with Gasteiger partial charge in [0.25, 0.3) is 5.91 Å². The fraction of sp³-hybridized carbons (Fsp3) is 0.417. The third-order valence-corrected chi connectivity index (χ3v) is 3.72. The highest BCUT2D eigenvalue weighted by atomic mass is 127. The van der Waals surface area contributed by atoms with Crippen LogP contribution in [-0.4, -0.2) is 11.5 Å². The number of hydrogen-bond donors (Lipinski definition) is 1. The number of amides is 1. The molecular formula is C12H14INO2. The molecule has 4 heteroatoms. The van der Waals surface area contributed by atoms with Gasteiger partial charge in [0.05, 0.1) is 5.69 Å². The Labute approximate surface area is 109 Å². The predicted molar refractivity (Wildman–Crippen MR) is 71.7 cm³/mol. The molecule has 1 aromatic rings. The summed E-state index contributed by atoms with van der Waals surface area (Å²) in [7, 11) is 0. The molecule has 0 aromatic heterocycles. The number of carbonyl (C=O) groups is 1. The van der Waals surface area contributed by atoms with Gasteiger partial charge < -0.3 is 10.1 Å². The summed E-state index contributed by atoms with van der Waals surface area (Å²) in [5, 5.41) is 2.91. The first-order valence-corrected chi connectivity index (χ1v) is 6.49. The maximum absolute atomic E-state index is 12.0. The van der Waals surface area contributed by atoms with E-state index in [9.17, 15) is 4.79 Å². The zero-order valence-electron chi connectivity index (χ0n) is 9.34. The molecule has 0 bridgehead atoms. The zero-order chi connectivity index (χ0) is 11.8. The largest absolute Gasteiger partial charge is 0.475 e. The Kier molecular flexibility index (Phi) is 3.10. The summed E-state index contributed by atoms with van der Waals surface area (Å²) in [4.78, 5) is 12.0. The SMILES string of the molecule is CCC1(CC)Oc2cc(I)ccc2NC1=O. The van der Waals surface area contributed by atoms with E-state index in [0.29, 0.717) is 12.8 Å². The standard InChI is InChI=1S/C12H14INO2/c1-3-12(4-2)11(15)14-9-6-5-8(13)7-10(9)16-12/h5-7H,3-4H2,1-2H3,(H,14,15). The monoisotopic (exact) mass is 331 g/mol. The summed E-state index contributed by atoms with van der Waals surface area (Å²) in [5.41, 5.74) is 0.0696. The van der Waals surface area contributed by atoms with Gasteiger partial charge in [0.1, 0.15) is 5.75 Å². The van der Waals surface area contributed by atoms with Crippen LogP contribution in [0.3, 0.4) is 0 Å². The summed E-state index contributed by atoms with van der Waals surface area (Å²) < 4.78 is 7.00. The van der Waals surface area contributed by atoms with Crippen molar-refractivity contribution < 1.29 is 9.53 Å². The normalized spacial score (nSPS) is 17.3. The molecule has 2 rings (SSSR count). The molecule has 1 heterocycles. The van der Waals surface area contributed by atoms with Gasteiger partial charge in [-0.25, -0.2) is 0 Å². The highest BCUT2D eigenvalue weighted by Crippen LogP contribution is 2.37. The van der Waals surface area contributed by atoms with Gasteiger partial charge >= 0.3 is 0 Å². The highest BCUT2D eigenvalue weighted by Gasteiger charge is 2.41. The van der Waals surface area contributed by atoms with Crippen molar-refractivity contribution in [1.82, 2.24) is 0 Å². The van der Waals surface area contributed by atoms with Crippen LogP contribution in [0.1, 0.15) is 26.7 Å². The lowest BCUT2D eigenvalue weighted by Crippen LogP contribution is -2.49. The smallest absolute Gasteiger partial charge is 0.268 e. The van der Waals surface area contributed by atoms with Crippen LogP contribution in [0.2, 0.25) is 0 Å². The van der Waals surface area contributed by atoms with Crippen LogP contribution >= 0.6 is 22.6 Å². The Bertz CT molecular complexity index is 427. The van der Waals surface area contributed by atoms with Crippen molar-refractivity contribution in [3.8, 4) is 5.75 Å². The number of hydrogen-bond acceptors (Lipinski definition) is 2. The van der Waals surface area contributed by atoms with Crippen molar-refractivity contribution in [2.75, 3.05) is 5.32 Å². The van der Waals surface area contributed by atoms with Crippen molar-refractivity contribution >= 4 is 34.2 Å². The molecule has 0 fully saturated rings. The van der Waals surface area contributed by atoms with Gasteiger partial charge in [0.15, 0.2) is 5.60 Å². The van der Waals surface area contributed by atoms with Crippen molar-refractivity contribution in [3.63, 3.8) is 0 Å². The van der Waals surface area contributed by atoms with E-state index in [1.807, 2.05) is 32.0 Å². The lowest BCUT2D eigenvalue weighted by molar-refractivity contribution is -0.133. The second-order valence-electron chi connectivity index (χ2n) is 3.90. The fourth-order valence-electron chi connectivity index (χ4n) is 1.89. The number of benzene rings is 1. The van der Waals surface area contributed by atoms with Crippen LogP contribution < -0.4 is 10.1 Å². The lowest BCUT2D eigenvalue weighted by atomic mass is 9.94. The molecule has 16 heavy (non-hydrogen) atoms. The van der Waals surface area contributed by atoms with Crippen LogP contribution in [0.15, 0.2) is 18.2 Å². The molecule has 86 valence electrons. The summed E-state index contributed by atoms with van der Waals surface area (Å²) in [5.74, 6) is 0.737. The Morgan fingerprint density at radius 3 is 2.69 bits per heavy atom. The van der Waals surface area contributed by atoms with E-state index < -0.39 is 5.60 Å². The summed E-state index contributed by atoms with van der Waals surface area (Å²) >= 11 is 2.23. The van der Waals surface area contributed by atoms with Crippen LogP contribution in [0.4, 0.5) is 5.69 Å². The third-order valence-electron chi connectivity index (χ3n) is 3.05. The van der Waals surface area contributed by atoms with Gasteiger partial charge in [0, 0.05) is 3.57 Å². The van der Waals surface area contributed by atoms with Crippen LogP contribution in [0, 0.1) is 3.57 Å². The van der Waals surface area contributed by atoms with E-state index in [1.165, 1.54) is 0 Å². The fourth-order valence-corrected chi connectivity index (χ4v) is 2.36. The molecule has 0 radical (unpaired) electrons. The molecule has 1 aliphatic heterocycles. The first-order chi connectivity index (χ1) is 7.61. The maximum atomic E-state index is 12.0. The molecule has 0 aliphatic carbocycles. The Hall–Kier alpha value is -0.780. The number of anilines is 1. The Morgan fingerprint density at radius 2 is 2.06 bits per heavy atom. The first-order valence-electron chi connectivity index (χ1n) is 5.41. The summed E-state index contributed by atoms with van der Waals surface area (Å²) in [6.07, 6.45) is 1.36. The predicted octanol–water partition coefficient (Wildman–Crippen LogP) is 3.18. The second kappa shape index (κ2) is 4.24. The summed E-state index contributed by atoms with van der Waals surface area (Å²) in [6.45, 7) is 3.95. The van der Waals surface area contributed by atoms with E-state index in [2.05, 4.69) is 27.9 Å². The number of fused-ring (bicyclic) bond motifs is 1. The average molecular weight is 331 g/mol. The van der Waals surface area contributed by atoms with E-state index in [1.54, 1.807) is 0 Å². The van der Waals surface area contributed by atoms with Crippen LogP contribution in [0.25, 0.3) is 0 Å². The molecule has 0 saturated carbocycles. The molecule has 0 saturated heterocycles. The van der Waals surface area contributed by atoms with E-state index in [-0.39, 0.29) is 5.91 Å². The molecule has 0 spiro atoms. The van der Waals surface area contributed by atoms with E-state index in [4.69, 9.17) is 4.74 Å². The van der Waals surface area contributed by atoms with Crippen molar-refractivity contribution in [3.05, 3.63) is 21.8 Å². The molecular weight excluding hydrogens is 317 g/mol. The minimum absolute atomic E-state index is 0.0359. The third kappa shape index (κ3) is 1.79. The molecule has 0 unspecified atom stereocenters. The zero-order valence-corrected chi connectivity index (χ0v) is 11.5. The molecule has 1 aliphatic rings. The topological polar surface area (TPSA) is 38.3 Å². The molecule has 0 atom stereocenters. The van der Waals surface area contributed by atoms with Gasteiger partial charge in [-0.3, -0.25) is 4.79 Å². The van der Waals surface area contributed by atoms with E-state index >= 15 is 0 Å². The number of rotatable bonds is 2. The second-order valence-corrected chi connectivity index (χ2v) is 5.14. The van der Waals surface area contributed by atoms with Crippen LogP contribution in [-0.2, 0) is 4.79 Å². The number of ether oxygens (including phenoxy) is 1. The molecule has 3 nitrogen and oxygen atoms in total. The Morgan fingerprint density at radius 1 is 1.38 bits per heavy atom. The number of nitrogens with one attached hydrogen (secondary N) is 1. The summed E-state index contributed by atoms with van der Waals surface area (Å²) in [6, 6.07) is 5.79. The molecule has 1 N–H and O–H groups in total. The molecule has 1 amide bonds. The highest BCUT2D eigenvalue weighted by molar-refractivity contribution is 14.1. The van der Waals surface area contributed by atoms with Crippen molar-refractivity contribution in [1.29, 1.82) is 0 Å².